The van der Waals surface area contributed by atoms with Gasteiger partial charge >= 0.3 is 0 Å². The van der Waals surface area contributed by atoms with Crippen molar-refractivity contribution in [2.45, 2.75) is 65.2 Å². The first-order valence-corrected chi connectivity index (χ1v) is 7.71. The van der Waals surface area contributed by atoms with Crippen molar-refractivity contribution in [3.05, 3.63) is 36.5 Å². The molecule has 1 atom stereocenters. The largest absolute Gasteiger partial charge is 0.0988 e. The monoisotopic (exact) mass is 246 g/mol. The zero-order chi connectivity index (χ0) is 13.4. The molecule has 1 aliphatic carbocycles. The maximum Gasteiger partial charge on any atom is -0.0162 e. The Kier molecular flexibility index (Phi) is 7.08. The first-order valence-electron chi connectivity index (χ1n) is 7.71. The van der Waals surface area contributed by atoms with Gasteiger partial charge in [-0.05, 0) is 36.7 Å². The molecule has 0 bridgehead atoms. The number of rotatable bonds is 7. The van der Waals surface area contributed by atoms with E-state index in [9.17, 15) is 0 Å². The summed E-state index contributed by atoms with van der Waals surface area (Å²) in [6.07, 6.45) is 15.1. The molecule has 0 heteroatoms. The molecule has 0 N–H and O–H groups in total. The Balaban J connectivity index is 2.59. The van der Waals surface area contributed by atoms with Gasteiger partial charge in [0.2, 0.25) is 0 Å². The second-order valence-corrected chi connectivity index (χ2v) is 5.80. The molecule has 1 saturated carbocycles. The van der Waals surface area contributed by atoms with Gasteiger partial charge in [0.15, 0.2) is 0 Å². The third-order valence-electron chi connectivity index (χ3n) is 4.29. The lowest BCUT2D eigenvalue weighted by Crippen LogP contribution is -2.09. The standard InChI is InChI=1S/C18H30/c1-5-7-11-15(3)16(4)14-17(6-2)18-12-9-8-10-13-18/h6,14-15,18H,2,4-5,7-13H2,1,3H3/b17-14+. The van der Waals surface area contributed by atoms with Crippen molar-refractivity contribution >= 4 is 0 Å². The fourth-order valence-electron chi connectivity index (χ4n) is 2.83. The van der Waals surface area contributed by atoms with Crippen LogP contribution in [-0.4, -0.2) is 0 Å². The van der Waals surface area contributed by atoms with Crippen molar-refractivity contribution < 1.29 is 0 Å². The van der Waals surface area contributed by atoms with Crippen LogP contribution in [0.2, 0.25) is 0 Å². The molecule has 0 nitrogen and oxygen atoms in total. The minimum absolute atomic E-state index is 0.614. The predicted octanol–water partition coefficient (Wildman–Crippen LogP) is 6.06. The maximum atomic E-state index is 4.27. The van der Waals surface area contributed by atoms with Gasteiger partial charge in [-0.15, -0.1) is 0 Å². The molecule has 0 aromatic rings. The summed E-state index contributed by atoms with van der Waals surface area (Å²) in [5.74, 6) is 1.36. The lowest BCUT2D eigenvalue weighted by Gasteiger charge is -2.23. The summed E-state index contributed by atoms with van der Waals surface area (Å²) in [7, 11) is 0. The summed E-state index contributed by atoms with van der Waals surface area (Å²) in [6, 6.07) is 0. The molecule has 0 aromatic carbocycles. The van der Waals surface area contributed by atoms with Crippen LogP contribution in [0.5, 0.6) is 0 Å². The van der Waals surface area contributed by atoms with Crippen LogP contribution in [0, 0.1) is 11.8 Å². The van der Waals surface area contributed by atoms with Crippen molar-refractivity contribution in [1.82, 2.24) is 0 Å². The van der Waals surface area contributed by atoms with E-state index in [-0.39, 0.29) is 0 Å². The summed E-state index contributed by atoms with van der Waals surface area (Å²) in [5, 5.41) is 0. The first kappa shape index (κ1) is 15.3. The molecule has 0 heterocycles. The second-order valence-electron chi connectivity index (χ2n) is 5.80. The summed E-state index contributed by atoms with van der Waals surface area (Å²) in [4.78, 5) is 0. The summed E-state index contributed by atoms with van der Waals surface area (Å²) < 4.78 is 0. The van der Waals surface area contributed by atoms with Gasteiger partial charge < -0.3 is 0 Å². The molecule has 0 spiro atoms. The molecule has 0 aliphatic heterocycles. The van der Waals surface area contributed by atoms with Crippen LogP contribution in [0.4, 0.5) is 0 Å². The van der Waals surface area contributed by atoms with E-state index in [2.05, 4.69) is 39.2 Å². The molecule has 1 fully saturated rings. The maximum absolute atomic E-state index is 4.27. The molecular formula is C18H30. The zero-order valence-corrected chi connectivity index (χ0v) is 12.4. The van der Waals surface area contributed by atoms with Gasteiger partial charge in [0.25, 0.3) is 0 Å². The highest BCUT2D eigenvalue weighted by Gasteiger charge is 2.16. The van der Waals surface area contributed by atoms with Gasteiger partial charge in [-0.25, -0.2) is 0 Å². The van der Waals surface area contributed by atoms with E-state index in [1.807, 2.05) is 0 Å². The van der Waals surface area contributed by atoms with Crippen molar-refractivity contribution in [3.8, 4) is 0 Å². The minimum Gasteiger partial charge on any atom is -0.0988 e. The van der Waals surface area contributed by atoms with E-state index < -0.39 is 0 Å². The highest BCUT2D eigenvalue weighted by atomic mass is 14.2. The van der Waals surface area contributed by atoms with Gasteiger partial charge in [-0.3, -0.25) is 0 Å². The molecule has 1 aliphatic rings. The fraction of sp³-hybridized carbons (Fsp3) is 0.667. The predicted molar refractivity (Wildman–Crippen MR) is 82.7 cm³/mol. The van der Waals surface area contributed by atoms with Gasteiger partial charge in [0.1, 0.15) is 0 Å². The number of hydrogen-bond acceptors (Lipinski definition) is 0. The van der Waals surface area contributed by atoms with Crippen LogP contribution in [0.15, 0.2) is 36.5 Å². The summed E-state index contributed by atoms with van der Waals surface area (Å²) in [6.45, 7) is 12.8. The molecule has 0 aromatic heterocycles. The minimum atomic E-state index is 0.614. The molecule has 18 heavy (non-hydrogen) atoms. The van der Waals surface area contributed by atoms with E-state index in [0.717, 1.165) is 5.92 Å². The van der Waals surface area contributed by atoms with E-state index in [1.54, 1.807) is 0 Å². The SMILES string of the molecule is C=C/C(=C\C(=C)C(C)CCCC)C1CCCCC1. The Morgan fingerprint density at radius 3 is 2.50 bits per heavy atom. The number of hydrogen-bond donors (Lipinski definition) is 0. The van der Waals surface area contributed by atoms with Gasteiger partial charge in [-0.1, -0.05) is 76.8 Å². The van der Waals surface area contributed by atoms with Crippen LogP contribution in [0.1, 0.15) is 65.2 Å². The quantitative estimate of drug-likeness (QED) is 0.479. The molecular weight excluding hydrogens is 216 g/mol. The second kappa shape index (κ2) is 8.34. The van der Waals surface area contributed by atoms with Crippen molar-refractivity contribution in [2.75, 3.05) is 0 Å². The van der Waals surface area contributed by atoms with E-state index in [0.29, 0.717) is 5.92 Å². The topological polar surface area (TPSA) is 0 Å². The average molecular weight is 246 g/mol. The fourth-order valence-corrected chi connectivity index (χ4v) is 2.83. The third kappa shape index (κ3) is 4.84. The molecule has 0 radical (unpaired) electrons. The Labute approximate surface area is 114 Å². The van der Waals surface area contributed by atoms with E-state index >= 15 is 0 Å². The highest BCUT2D eigenvalue weighted by Crippen LogP contribution is 2.31. The molecule has 102 valence electrons. The van der Waals surface area contributed by atoms with Crippen LogP contribution < -0.4 is 0 Å². The van der Waals surface area contributed by atoms with E-state index in [1.165, 1.54) is 62.5 Å². The Hall–Kier alpha value is -0.780. The summed E-state index contributed by atoms with van der Waals surface area (Å²) >= 11 is 0. The lowest BCUT2D eigenvalue weighted by molar-refractivity contribution is 0.408. The zero-order valence-electron chi connectivity index (χ0n) is 12.4. The first-order chi connectivity index (χ1) is 8.69. The smallest absolute Gasteiger partial charge is 0.0162 e. The van der Waals surface area contributed by atoms with Crippen LogP contribution in [-0.2, 0) is 0 Å². The van der Waals surface area contributed by atoms with E-state index in [4.69, 9.17) is 0 Å². The Morgan fingerprint density at radius 2 is 1.94 bits per heavy atom. The van der Waals surface area contributed by atoms with Gasteiger partial charge in [0.05, 0.1) is 0 Å². The van der Waals surface area contributed by atoms with Crippen LogP contribution in [0.3, 0.4) is 0 Å². The van der Waals surface area contributed by atoms with Crippen LogP contribution >= 0.6 is 0 Å². The van der Waals surface area contributed by atoms with Crippen molar-refractivity contribution in [3.63, 3.8) is 0 Å². The van der Waals surface area contributed by atoms with Crippen LogP contribution in [0.25, 0.3) is 0 Å². The number of allylic oxidation sites excluding steroid dienone is 4. The lowest BCUT2D eigenvalue weighted by atomic mass is 9.82. The molecule has 0 saturated heterocycles. The molecule has 0 amide bonds. The van der Waals surface area contributed by atoms with Gasteiger partial charge in [0, 0.05) is 0 Å². The van der Waals surface area contributed by atoms with Crippen molar-refractivity contribution in [2.24, 2.45) is 11.8 Å². The van der Waals surface area contributed by atoms with Gasteiger partial charge in [-0.2, -0.15) is 0 Å². The normalized spacial score (nSPS) is 19.6. The third-order valence-corrected chi connectivity index (χ3v) is 4.29. The Bertz CT molecular complexity index is 289. The molecule has 1 rings (SSSR count). The molecule has 1 unspecified atom stereocenters. The Morgan fingerprint density at radius 1 is 1.28 bits per heavy atom. The number of unbranched alkanes of at least 4 members (excludes halogenated alkanes) is 1. The summed E-state index contributed by atoms with van der Waals surface area (Å²) in [5.41, 5.74) is 2.73. The average Bonchev–Trinajstić information content (AvgIpc) is 2.42. The van der Waals surface area contributed by atoms with Crippen molar-refractivity contribution in [1.29, 1.82) is 0 Å². The highest BCUT2D eigenvalue weighted by molar-refractivity contribution is 5.30.